The molecule has 1 aromatic carbocycles. The van der Waals surface area contributed by atoms with Crippen molar-refractivity contribution in [3.8, 4) is 0 Å². The van der Waals surface area contributed by atoms with Crippen LogP contribution in [0.2, 0.25) is 0 Å². The van der Waals surface area contributed by atoms with Gasteiger partial charge in [0.05, 0.1) is 15.7 Å². The van der Waals surface area contributed by atoms with Crippen LogP contribution in [0.25, 0.3) is 15.8 Å². The Balaban J connectivity index is 2.42. The molecular weight excluding hydrogens is 274 g/mol. The van der Waals surface area contributed by atoms with Crippen molar-refractivity contribution in [3.63, 3.8) is 0 Å². The molecule has 1 aromatic heterocycles. The second-order valence-corrected chi connectivity index (χ2v) is 6.17. The van der Waals surface area contributed by atoms with Gasteiger partial charge in [-0.25, -0.2) is 4.98 Å². The van der Waals surface area contributed by atoms with Crippen LogP contribution < -0.4 is 0 Å². The predicted molar refractivity (Wildman–Crippen MR) is 95.6 cm³/mol. The van der Waals surface area contributed by atoms with Gasteiger partial charge in [0, 0.05) is 0 Å². The summed E-state index contributed by atoms with van der Waals surface area (Å²) in [6.07, 6.45) is 6.22. The second-order valence-electron chi connectivity index (χ2n) is 5.31. The topological polar surface area (TPSA) is 12.9 Å². The Morgan fingerprint density at radius 3 is 2.67 bits per heavy atom. The van der Waals surface area contributed by atoms with Crippen molar-refractivity contribution >= 4 is 27.1 Å². The van der Waals surface area contributed by atoms with E-state index in [4.69, 9.17) is 0 Å². The Hall–Kier alpha value is -1.93. The van der Waals surface area contributed by atoms with Crippen LogP contribution in [0.1, 0.15) is 33.3 Å². The zero-order chi connectivity index (χ0) is 15.4. The molecule has 0 fully saturated rings. The van der Waals surface area contributed by atoms with E-state index in [1.807, 2.05) is 18.5 Å². The number of hydrogen-bond acceptors (Lipinski definition) is 2. The maximum absolute atomic E-state index is 4.40. The molecule has 0 aliphatic rings. The summed E-state index contributed by atoms with van der Waals surface area (Å²) in [5, 5.41) is 0. The number of nitrogens with zero attached hydrogens (tertiary/aromatic N) is 1. The minimum absolute atomic E-state index is 1.06. The van der Waals surface area contributed by atoms with Gasteiger partial charge in [0.1, 0.15) is 0 Å². The third-order valence-corrected chi connectivity index (χ3v) is 4.52. The lowest BCUT2D eigenvalue weighted by molar-refractivity contribution is 1.33. The van der Waals surface area contributed by atoms with Gasteiger partial charge in [-0.1, -0.05) is 42.5 Å². The molecule has 0 N–H and O–H groups in total. The molecule has 1 heterocycles. The van der Waals surface area contributed by atoms with Crippen molar-refractivity contribution in [2.45, 2.75) is 27.7 Å². The van der Waals surface area contributed by atoms with Crippen molar-refractivity contribution in [2.75, 3.05) is 0 Å². The Bertz CT molecular complexity index is 757. The van der Waals surface area contributed by atoms with Gasteiger partial charge < -0.3 is 0 Å². The lowest BCUT2D eigenvalue weighted by Crippen LogP contribution is -1.88. The number of fused-ring (bicyclic) bond motifs is 1. The molecule has 0 atom stereocenters. The minimum atomic E-state index is 1.06. The third-order valence-electron chi connectivity index (χ3n) is 3.64. The van der Waals surface area contributed by atoms with Crippen LogP contribution in [0.3, 0.4) is 0 Å². The molecule has 0 amide bonds. The zero-order valence-electron chi connectivity index (χ0n) is 13.1. The van der Waals surface area contributed by atoms with Crippen LogP contribution in [0.4, 0.5) is 0 Å². The molecule has 0 aliphatic heterocycles. The van der Waals surface area contributed by atoms with Gasteiger partial charge in [0.2, 0.25) is 0 Å². The molecule has 0 aliphatic carbocycles. The first-order chi connectivity index (χ1) is 10.0. The lowest BCUT2D eigenvalue weighted by atomic mass is 9.97. The molecule has 0 spiro atoms. The van der Waals surface area contributed by atoms with Crippen molar-refractivity contribution in [1.82, 2.24) is 4.98 Å². The number of allylic oxidation sites excluding steroid dienone is 7. The Morgan fingerprint density at radius 2 is 1.95 bits per heavy atom. The minimum Gasteiger partial charge on any atom is -0.245 e. The highest BCUT2D eigenvalue weighted by Gasteiger charge is 2.08. The smallest absolute Gasteiger partial charge is 0.0818 e. The first kappa shape index (κ1) is 15.5. The molecule has 0 bridgehead atoms. The van der Waals surface area contributed by atoms with Crippen molar-refractivity contribution < 1.29 is 0 Å². The van der Waals surface area contributed by atoms with Gasteiger partial charge in [-0.3, -0.25) is 0 Å². The summed E-state index contributed by atoms with van der Waals surface area (Å²) in [5.41, 5.74) is 9.22. The quantitative estimate of drug-likeness (QED) is 0.615. The Kier molecular flexibility index (Phi) is 4.92. The van der Waals surface area contributed by atoms with Gasteiger partial charge in [0.25, 0.3) is 0 Å². The summed E-state index contributed by atoms with van der Waals surface area (Å²) in [4.78, 5) is 4.40. The highest BCUT2D eigenvalue weighted by molar-refractivity contribution is 7.17. The van der Waals surface area contributed by atoms with Crippen LogP contribution in [0.5, 0.6) is 0 Å². The first-order valence-corrected chi connectivity index (χ1v) is 7.89. The van der Waals surface area contributed by atoms with Crippen molar-refractivity contribution in [2.24, 2.45) is 0 Å². The average molecular weight is 295 g/mol. The van der Waals surface area contributed by atoms with Crippen molar-refractivity contribution in [3.05, 3.63) is 70.8 Å². The standard InChI is InChI=1S/C19H21NS/c1-13(2)8-6-9-14(3)15(4)16(5)17-10-7-11-18-19(17)21-12-20-18/h6-12H,1H2,2-5H3/b8-6-,14-9+,16-15-. The number of hydrogen-bond donors (Lipinski definition) is 0. The second kappa shape index (κ2) is 6.68. The molecule has 108 valence electrons. The molecule has 2 aromatic rings. The fourth-order valence-electron chi connectivity index (χ4n) is 2.16. The number of aromatic nitrogens is 1. The van der Waals surface area contributed by atoms with Gasteiger partial charge in [-0.05, 0) is 56.0 Å². The zero-order valence-corrected chi connectivity index (χ0v) is 13.9. The average Bonchev–Trinajstić information content (AvgIpc) is 2.93. The van der Waals surface area contributed by atoms with E-state index in [1.165, 1.54) is 27.0 Å². The van der Waals surface area contributed by atoms with E-state index in [2.05, 4.69) is 62.7 Å². The summed E-state index contributed by atoms with van der Waals surface area (Å²) >= 11 is 1.70. The van der Waals surface area contributed by atoms with Gasteiger partial charge in [0.15, 0.2) is 0 Å². The fourth-order valence-corrected chi connectivity index (χ4v) is 3.02. The number of rotatable bonds is 4. The maximum Gasteiger partial charge on any atom is 0.0818 e. The monoisotopic (exact) mass is 295 g/mol. The molecule has 0 saturated carbocycles. The summed E-state index contributed by atoms with van der Waals surface area (Å²) in [5.74, 6) is 0. The van der Waals surface area contributed by atoms with E-state index in [1.54, 1.807) is 11.3 Å². The molecule has 21 heavy (non-hydrogen) atoms. The van der Waals surface area contributed by atoms with Crippen LogP contribution in [0.15, 0.2) is 65.2 Å². The molecule has 2 rings (SSSR count). The number of benzene rings is 1. The maximum atomic E-state index is 4.40. The van der Waals surface area contributed by atoms with Gasteiger partial charge in [-0.2, -0.15) is 0 Å². The van der Waals surface area contributed by atoms with Crippen LogP contribution in [0, 0.1) is 0 Å². The number of thiazole rings is 1. The van der Waals surface area contributed by atoms with Crippen LogP contribution in [-0.2, 0) is 0 Å². The van der Waals surface area contributed by atoms with E-state index in [0.29, 0.717) is 0 Å². The summed E-state index contributed by atoms with van der Waals surface area (Å²) in [6, 6.07) is 6.32. The van der Waals surface area contributed by atoms with E-state index in [9.17, 15) is 0 Å². The highest BCUT2D eigenvalue weighted by Crippen LogP contribution is 2.31. The van der Waals surface area contributed by atoms with E-state index >= 15 is 0 Å². The van der Waals surface area contributed by atoms with Crippen molar-refractivity contribution in [1.29, 1.82) is 0 Å². The fraction of sp³-hybridized carbons (Fsp3) is 0.211. The predicted octanol–water partition coefficient (Wildman–Crippen LogP) is 6.17. The Labute approximate surface area is 131 Å². The molecule has 0 saturated heterocycles. The third kappa shape index (κ3) is 3.59. The van der Waals surface area contributed by atoms with E-state index in [-0.39, 0.29) is 0 Å². The normalized spacial score (nSPS) is 13.8. The summed E-state index contributed by atoms with van der Waals surface area (Å²) < 4.78 is 1.26. The molecule has 1 nitrogen and oxygen atoms in total. The summed E-state index contributed by atoms with van der Waals surface area (Å²) in [6.45, 7) is 12.4. The SMILES string of the molecule is C=C(C)\C=C/C=C(C)/C(C)=C(/C)c1cccc2ncsc12. The summed E-state index contributed by atoms with van der Waals surface area (Å²) in [7, 11) is 0. The van der Waals surface area contributed by atoms with Gasteiger partial charge >= 0.3 is 0 Å². The highest BCUT2D eigenvalue weighted by atomic mass is 32.1. The molecule has 0 unspecified atom stereocenters. The van der Waals surface area contributed by atoms with Crippen LogP contribution in [-0.4, -0.2) is 4.98 Å². The molecule has 2 heteroatoms. The first-order valence-electron chi connectivity index (χ1n) is 7.01. The van der Waals surface area contributed by atoms with E-state index in [0.717, 1.165) is 11.1 Å². The molecule has 0 radical (unpaired) electrons. The van der Waals surface area contributed by atoms with E-state index < -0.39 is 0 Å². The lowest BCUT2D eigenvalue weighted by Gasteiger charge is -2.09. The molecular formula is C19H21NS. The van der Waals surface area contributed by atoms with Gasteiger partial charge in [-0.15, -0.1) is 11.3 Å². The Morgan fingerprint density at radius 1 is 1.19 bits per heavy atom. The van der Waals surface area contributed by atoms with Crippen LogP contribution >= 0.6 is 11.3 Å². The largest absolute Gasteiger partial charge is 0.245 e.